The number of nitrogens with one attached hydrogen (secondary N) is 4. The Kier molecular flexibility index (Phi) is 29.0. The van der Waals surface area contributed by atoms with Gasteiger partial charge in [0.25, 0.3) is 0 Å². The van der Waals surface area contributed by atoms with Gasteiger partial charge in [0, 0.05) is 71.9 Å². The van der Waals surface area contributed by atoms with Crippen molar-refractivity contribution < 1.29 is 57.5 Å². The largest absolute Gasteiger partial charge is 0.343 e. The summed E-state index contributed by atoms with van der Waals surface area (Å²) in [4.78, 5) is 188. The van der Waals surface area contributed by atoms with Crippen molar-refractivity contribution in [3.05, 3.63) is 33.4 Å². The van der Waals surface area contributed by atoms with Crippen molar-refractivity contribution in [1.82, 2.24) is 60.5 Å². The highest BCUT2D eigenvalue weighted by Gasteiger charge is 2.47. The van der Waals surface area contributed by atoms with Crippen molar-refractivity contribution >= 4 is 93.5 Å². The molecule has 12 amide bonds. The number of hydrogen-bond donors (Lipinski definition) is 4. The predicted octanol–water partition coefficient (Wildman–Crippen LogP) is 4.33. The van der Waals surface area contributed by atoms with Crippen LogP contribution in [0.15, 0.2) is 24.3 Å². The summed E-state index contributed by atoms with van der Waals surface area (Å²) in [5.74, 6) is -8.00. The van der Waals surface area contributed by atoms with E-state index in [0.717, 1.165) is 29.3 Å². The van der Waals surface area contributed by atoms with Gasteiger partial charge in [-0.3, -0.25) is 57.5 Å². The standard InChI is InChI=1S/C68H109IN12O12/c1-17-19-29-48-62(88)79(16)68(9,10)67(93)72-50(34-41(3)4)61(87)77(14)54(65(91)80-31-21-20-22-32-80)39-56(83)76(13)52(35-42(5)6)59(85)73-57(43(7)18-2)66(92)75(12)44(8)60(86)81-33-30-51(81)64(90)78(15)53(38-45-25-23-26-45)63(89)74(11)40-55(82)70-49(58(84)71-48)37-46-27-24-28-47(69)36-46/h24,27-28,36,41-45,48-54,57H,17-23,25-26,29-35,37-40H2,1-16H3,(H,70,82)(H,71,84)(H,72,93)(H,73,85)/t43-,44-,48-,49-,50-,51?,52-,53-,54-,57-/m0/s1. The lowest BCUT2D eigenvalue weighted by molar-refractivity contribution is -0.160. The van der Waals surface area contributed by atoms with Gasteiger partial charge in [-0.15, -0.1) is 0 Å². The zero-order valence-corrected chi connectivity index (χ0v) is 60.5. The van der Waals surface area contributed by atoms with Gasteiger partial charge in [-0.25, -0.2) is 0 Å². The normalized spacial score (nSPS) is 27.1. The second kappa shape index (κ2) is 34.8. The smallest absolute Gasteiger partial charge is 0.246 e. The number of piperidine rings is 1. The van der Waals surface area contributed by atoms with Crippen LogP contribution in [0, 0.1) is 27.2 Å². The van der Waals surface area contributed by atoms with Crippen LogP contribution in [0.1, 0.15) is 171 Å². The first-order valence-electron chi connectivity index (χ1n) is 33.8. The Morgan fingerprint density at radius 2 is 1.29 bits per heavy atom. The lowest BCUT2D eigenvalue weighted by atomic mass is 9.80. The predicted molar refractivity (Wildman–Crippen MR) is 362 cm³/mol. The van der Waals surface area contributed by atoms with Crippen molar-refractivity contribution in [2.75, 3.05) is 68.5 Å². The quantitative estimate of drug-likeness (QED) is 0.190. The van der Waals surface area contributed by atoms with E-state index in [1.165, 1.54) is 90.4 Å². The molecule has 5 rings (SSSR count). The summed E-state index contributed by atoms with van der Waals surface area (Å²) in [5.41, 5.74) is -0.979. The fourth-order valence-electron chi connectivity index (χ4n) is 12.5. The van der Waals surface area contributed by atoms with Crippen molar-refractivity contribution in [2.45, 2.75) is 232 Å². The van der Waals surface area contributed by atoms with Crippen LogP contribution in [-0.2, 0) is 64.0 Å². The number of fused-ring (bicyclic) bond motifs is 1. The Morgan fingerprint density at radius 3 is 1.85 bits per heavy atom. The highest BCUT2D eigenvalue weighted by Crippen LogP contribution is 2.33. The molecule has 24 nitrogen and oxygen atoms in total. The molecule has 1 aromatic carbocycles. The molecule has 4 N–H and O–H groups in total. The number of nitrogens with zero attached hydrogens (tertiary/aromatic N) is 8. The van der Waals surface area contributed by atoms with Gasteiger partial charge in [0.1, 0.15) is 59.9 Å². The van der Waals surface area contributed by atoms with E-state index in [2.05, 4.69) is 43.9 Å². The Bertz CT molecular complexity index is 2840. The zero-order chi connectivity index (χ0) is 69.5. The van der Waals surface area contributed by atoms with E-state index < -0.39 is 150 Å². The van der Waals surface area contributed by atoms with E-state index in [9.17, 15) is 52.7 Å². The zero-order valence-electron chi connectivity index (χ0n) is 58.3. The SMILES string of the molecule is CCCC[C@@H]1NC(=O)[C@H](Cc2cccc(I)c2)NC(=O)CN(C)C(=O)[C@H](CC2CCC2)N(C)C(=O)C2CCN2C(=O)[C@H](C)N(C)C(=O)[C@H]([C@@H](C)CC)NC(=O)[C@H](CC(C)C)N(C)C(=O)C[C@@H](C(=O)N2CCCCC2)N(C)C(=O)[C@H](CC(C)C)NC(=O)C(C)(C)N(C)C1=O. The third-order valence-electron chi connectivity index (χ3n) is 19.8. The number of halogens is 1. The number of carbonyl (C=O) groups excluding carboxylic acids is 12. The van der Waals surface area contributed by atoms with Crippen molar-refractivity contribution in [2.24, 2.45) is 23.7 Å². The molecule has 0 radical (unpaired) electrons. The molecule has 1 aliphatic carbocycles. The van der Waals surface area contributed by atoms with E-state index in [1.54, 1.807) is 24.8 Å². The number of likely N-dealkylation sites (tertiary alicyclic amines) is 1. The number of hydrogen-bond acceptors (Lipinski definition) is 12. The Morgan fingerprint density at radius 1 is 0.645 bits per heavy atom. The second-order valence-corrected chi connectivity index (χ2v) is 29.2. The molecule has 0 bridgehead atoms. The topological polar surface area (TPSA) is 279 Å². The molecule has 3 saturated heterocycles. The lowest BCUT2D eigenvalue weighted by Gasteiger charge is -2.45. The second-order valence-electron chi connectivity index (χ2n) is 28.0. The first-order chi connectivity index (χ1) is 43.7. The molecular weight excluding hydrogens is 1300 g/mol. The van der Waals surface area contributed by atoms with Gasteiger partial charge in [-0.1, -0.05) is 99.1 Å². The van der Waals surface area contributed by atoms with Gasteiger partial charge in [0.2, 0.25) is 70.9 Å². The first-order valence-corrected chi connectivity index (χ1v) is 34.9. The van der Waals surface area contributed by atoms with Crippen LogP contribution in [0.5, 0.6) is 0 Å². The van der Waals surface area contributed by atoms with Crippen LogP contribution in [-0.4, -0.2) is 238 Å². The molecule has 520 valence electrons. The fraction of sp³-hybridized carbons (Fsp3) is 0.735. The number of amides is 12. The van der Waals surface area contributed by atoms with Gasteiger partial charge >= 0.3 is 0 Å². The van der Waals surface area contributed by atoms with Crippen LogP contribution in [0.3, 0.4) is 0 Å². The number of benzene rings is 1. The number of carbonyl (C=O) groups is 12. The Hall–Kier alpha value is -6.41. The summed E-state index contributed by atoms with van der Waals surface area (Å²) in [6.45, 7) is 18.1. The molecule has 0 aromatic heterocycles. The maximum atomic E-state index is 15.1. The molecule has 25 heteroatoms. The van der Waals surface area contributed by atoms with Gasteiger partial charge < -0.3 is 60.5 Å². The minimum atomic E-state index is -1.67. The number of rotatable bonds is 14. The van der Waals surface area contributed by atoms with E-state index in [-0.39, 0.29) is 56.4 Å². The molecule has 10 atom stereocenters. The van der Waals surface area contributed by atoms with Gasteiger partial charge in [0.05, 0.1) is 13.0 Å². The highest BCUT2D eigenvalue weighted by atomic mass is 127. The maximum absolute atomic E-state index is 15.1. The average molecular weight is 1410 g/mol. The maximum Gasteiger partial charge on any atom is 0.246 e. The van der Waals surface area contributed by atoms with E-state index in [4.69, 9.17) is 0 Å². The van der Waals surface area contributed by atoms with Crippen molar-refractivity contribution in [3.8, 4) is 0 Å². The number of likely N-dealkylation sites (N-methyl/N-ethyl adjacent to an activating group) is 6. The summed E-state index contributed by atoms with van der Waals surface area (Å²) in [7, 11) is 8.72. The minimum Gasteiger partial charge on any atom is -0.343 e. The first kappa shape index (κ1) is 77.3. The third kappa shape index (κ3) is 20.1. The molecule has 0 spiro atoms. The molecule has 4 aliphatic rings. The Labute approximate surface area is 566 Å². The van der Waals surface area contributed by atoms with Crippen molar-refractivity contribution in [1.29, 1.82) is 0 Å². The van der Waals surface area contributed by atoms with Gasteiger partial charge in [-0.2, -0.15) is 0 Å². The van der Waals surface area contributed by atoms with Gasteiger partial charge in [0.15, 0.2) is 0 Å². The lowest BCUT2D eigenvalue weighted by Crippen LogP contribution is -2.65. The van der Waals surface area contributed by atoms with Crippen LogP contribution in [0.2, 0.25) is 0 Å². The summed E-state index contributed by atoms with van der Waals surface area (Å²) in [6, 6.07) is -3.21. The molecule has 1 aromatic rings. The van der Waals surface area contributed by atoms with E-state index >= 15 is 4.79 Å². The summed E-state index contributed by atoms with van der Waals surface area (Å²) >= 11 is 2.15. The fourth-order valence-corrected chi connectivity index (χ4v) is 13.1. The summed E-state index contributed by atoms with van der Waals surface area (Å²) < 4.78 is 0.867. The van der Waals surface area contributed by atoms with Gasteiger partial charge in [-0.05, 0) is 136 Å². The van der Waals surface area contributed by atoms with E-state index in [1.807, 2.05) is 59.7 Å². The third-order valence-corrected chi connectivity index (χ3v) is 20.4. The summed E-state index contributed by atoms with van der Waals surface area (Å²) in [6.07, 6.45) is 6.92. The van der Waals surface area contributed by atoms with Crippen molar-refractivity contribution in [3.63, 3.8) is 0 Å². The van der Waals surface area contributed by atoms with Crippen LogP contribution in [0.25, 0.3) is 0 Å². The molecule has 1 saturated carbocycles. The average Bonchev–Trinajstić information content (AvgIpc) is 0.828. The monoisotopic (exact) mass is 1410 g/mol. The van der Waals surface area contributed by atoms with E-state index in [0.29, 0.717) is 57.2 Å². The molecule has 4 fully saturated rings. The molecule has 3 heterocycles. The van der Waals surface area contributed by atoms with Crippen LogP contribution >= 0.6 is 22.6 Å². The number of unbranched alkanes of at least 4 members (excludes halogenated alkanes) is 1. The molecule has 3 aliphatic heterocycles. The minimum absolute atomic E-state index is 0.00601. The van der Waals surface area contributed by atoms with Crippen LogP contribution < -0.4 is 21.3 Å². The molecule has 1 unspecified atom stereocenters. The molecular formula is C68H109IN12O12. The summed E-state index contributed by atoms with van der Waals surface area (Å²) in [5, 5.41) is 11.6. The highest BCUT2D eigenvalue weighted by molar-refractivity contribution is 14.1. The van der Waals surface area contributed by atoms with Crippen LogP contribution in [0.4, 0.5) is 0 Å². The Balaban J connectivity index is 1.61. The molecule has 93 heavy (non-hydrogen) atoms.